The Kier molecular flexibility index (Phi) is 6.64. The summed E-state index contributed by atoms with van der Waals surface area (Å²) in [4.78, 5) is 20.6. The predicted octanol–water partition coefficient (Wildman–Crippen LogP) is 2.62. The minimum atomic E-state index is -3.92. The third-order valence-corrected chi connectivity index (χ3v) is 8.48. The first-order valence-corrected chi connectivity index (χ1v) is 13.4. The van der Waals surface area contributed by atoms with Gasteiger partial charge in [0.15, 0.2) is 0 Å². The molecule has 178 valence electrons. The number of amides is 1. The Morgan fingerprint density at radius 1 is 0.941 bits per heavy atom. The highest BCUT2D eigenvalue weighted by Gasteiger charge is 2.27. The fourth-order valence-electron chi connectivity index (χ4n) is 3.47. The molecule has 4 rings (SSSR count). The van der Waals surface area contributed by atoms with Gasteiger partial charge in [-0.25, -0.2) is 31.5 Å². The van der Waals surface area contributed by atoms with Gasteiger partial charge in [0.25, 0.3) is 15.9 Å². The average Bonchev–Trinajstić information content (AvgIpc) is 3.35. The van der Waals surface area contributed by atoms with Gasteiger partial charge in [-0.15, -0.1) is 0 Å². The first-order valence-electron chi connectivity index (χ1n) is 10.5. The Balaban J connectivity index is 1.47. The third kappa shape index (κ3) is 5.24. The van der Waals surface area contributed by atoms with E-state index >= 15 is 0 Å². The Hall–Kier alpha value is -3.35. The van der Waals surface area contributed by atoms with Gasteiger partial charge in [-0.1, -0.05) is 6.07 Å². The molecule has 3 aromatic rings. The van der Waals surface area contributed by atoms with Gasteiger partial charge in [0.2, 0.25) is 16.0 Å². The van der Waals surface area contributed by atoms with Crippen LogP contribution in [0.15, 0.2) is 70.6 Å². The SMILES string of the molecule is Cc1ccnc(NS(=O)(=O)c2ccc(NC(=O)c3cccc(S(=O)(=O)N4CCCC4)c3)cc2)n1. The summed E-state index contributed by atoms with van der Waals surface area (Å²) in [5.41, 5.74) is 1.14. The molecule has 0 atom stereocenters. The summed E-state index contributed by atoms with van der Waals surface area (Å²) in [5, 5.41) is 2.65. The third-order valence-electron chi connectivity index (χ3n) is 5.24. The van der Waals surface area contributed by atoms with Crippen LogP contribution in [0.1, 0.15) is 28.9 Å². The van der Waals surface area contributed by atoms with Gasteiger partial charge in [0.05, 0.1) is 9.79 Å². The van der Waals surface area contributed by atoms with Crippen LogP contribution in [0, 0.1) is 6.92 Å². The number of aromatic nitrogens is 2. The second kappa shape index (κ2) is 9.49. The van der Waals surface area contributed by atoms with Crippen molar-refractivity contribution in [3.05, 3.63) is 72.1 Å². The van der Waals surface area contributed by atoms with Gasteiger partial charge < -0.3 is 5.32 Å². The monoisotopic (exact) mass is 501 g/mol. The van der Waals surface area contributed by atoms with E-state index in [1.165, 1.54) is 59.0 Å². The Bertz CT molecular complexity index is 1420. The van der Waals surface area contributed by atoms with Gasteiger partial charge in [0, 0.05) is 36.2 Å². The highest BCUT2D eigenvalue weighted by Crippen LogP contribution is 2.22. The van der Waals surface area contributed by atoms with E-state index in [0.29, 0.717) is 24.5 Å². The minimum absolute atomic E-state index is 0.0330. The van der Waals surface area contributed by atoms with E-state index in [1.54, 1.807) is 13.0 Å². The van der Waals surface area contributed by atoms with E-state index in [9.17, 15) is 21.6 Å². The highest BCUT2D eigenvalue weighted by molar-refractivity contribution is 7.92. The number of hydrogen-bond donors (Lipinski definition) is 2. The van der Waals surface area contributed by atoms with Crippen LogP contribution in [0.25, 0.3) is 0 Å². The Morgan fingerprint density at radius 2 is 1.65 bits per heavy atom. The zero-order valence-electron chi connectivity index (χ0n) is 18.3. The van der Waals surface area contributed by atoms with Crippen LogP contribution in [-0.2, 0) is 20.0 Å². The molecule has 2 heterocycles. The largest absolute Gasteiger partial charge is 0.322 e. The number of nitrogens with zero attached hydrogens (tertiary/aromatic N) is 3. The molecule has 10 nitrogen and oxygen atoms in total. The summed E-state index contributed by atoms with van der Waals surface area (Å²) in [5.74, 6) is -0.554. The first kappa shape index (κ1) is 23.8. The lowest BCUT2D eigenvalue weighted by atomic mass is 10.2. The van der Waals surface area contributed by atoms with Crippen molar-refractivity contribution in [3.63, 3.8) is 0 Å². The second-order valence-corrected chi connectivity index (χ2v) is 11.4. The lowest BCUT2D eigenvalue weighted by molar-refractivity contribution is 0.102. The minimum Gasteiger partial charge on any atom is -0.322 e. The predicted molar refractivity (Wildman–Crippen MR) is 126 cm³/mol. The summed E-state index contributed by atoms with van der Waals surface area (Å²) in [6, 6.07) is 13.0. The number of nitrogens with one attached hydrogen (secondary N) is 2. The van der Waals surface area contributed by atoms with Crippen molar-refractivity contribution in [2.75, 3.05) is 23.1 Å². The molecule has 2 aromatic carbocycles. The van der Waals surface area contributed by atoms with E-state index in [2.05, 4.69) is 20.0 Å². The summed E-state index contributed by atoms with van der Waals surface area (Å²) in [6.07, 6.45) is 3.08. The molecule has 1 fully saturated rings. The number of sulfonamides is 2. The van der Waals surface area contributed by atoms with Crippen molar-refractivity contribution in [3.8, 4) is 0 Å². The van der Waals surface area contributed by atoms with Crippen molar-refractivity contribution in [2.24, 2.45) is 0 Å². The zero-order chi connectivity index (χ0) is 24.3. The molecule has 1 aliphatic heterocycles. The van der Waals surface area contributed by atoms with E-state index in [0.717, 1.165) is 12.8 Å². The van der Waals surface area contributed by atoms with E-state index in [-0.39, 0.29) is 21.3 Å². The molecule has 1 aliphatic rings. The lowest BCUT2D eigenvalue weighted by Gasteiger charge is -2.16. The summed E-state index contributed by atoms with van der Waals surface area (Å²) in [6.45, 7) is 2.66. The molecule has 2 N–H and O–H groups in total. The van der Waals surface area contributed by atoms with Crippen LogP contribution in [0.4, 0.5) is 11.6 Å². The molecule has 0 unspecified atom stereocenters. The van der Waals surface area contributed by atoms with Crippen molar-refractivity contribution in [1.29, 1.82) is 0 Å². The summed E-state index contributed by atoms with van der Waals surface area (Å²) < 4.78 is 54.4. The lowest BCUT2D eigenvalue weighted by Crippen LogP contribution is -2.28. The number of benzene rings is 2. The quantitative estimate of drug-likeness (QED) is 0.507. The van der Waals surface area contributed by atoms with Gasteiger partial charge >= 0.3 is 0 Å². The fourth-order valence-corrected chi connectivity index (χ4v) is 5.99. The van der Waals surface area contributed by atoms with E-state index in [1.807, 2.05) is 0 Å². The highest BCUT2D eigenvalue weighted by atomic mass is 32.2. The number of carbonyl (C=O) groups excluding carboxylic acids is 1. The Labute approximate surface area is 198 Å². The molecule has 1 saturated heterocycles. The molecule has 34 heavy (non-hydrogen) atoms. The fraction of sp³-hybridized carbons (Fsp3) is 0.227. The van der Waals surface area contributed by atoms with Crippen LogP contribution in [0.5, 0.6) is 0 Å². The number of anilines is 2. The molecule has 0 spiro atoms. The standard InChI is InChI=1S/C22H23N5O5S2/c1-16-11-12-23-22(24-16)26-33(29,30)19-9-7-18(8-10-19)25-21(28)17-5-4-6-20(15-17)34(31,32)27-13-2-3-14-27/h4-12,15H,2-3,13-14H2,1H3,(H,25,28)(H,23,24,26). The van der Waals surface area contributed by atoms with Crippen LogP contribution < -0.4 is 10.0 Å². The summed E-state index contributed by atoms with van der Waals surface area (Å²) >= 11 is 0. The molecule has 0 aliphatic carbocycles. The molecule has 1 amide bonds. The number of rotatable bonds is 7. The first-order chi connectivity index (χ1) is 16.1. The van der Waals surface area contributed by atoms with Crippen LogP contribution >= 0.6 is 0 Å². The maximum Gasteiger partial charge on any atom is 0.264 e. The molecule has 0 saturated carbocycles. The average molecular weight is 502 g/mol. The molecule has 1 aromatic heterocycles. The van der Waals surface area contributed by atoms with Gasteiger partial charge in [-0.05, 0) is 68.3 Å². The van der Waals surface area contributed by atoms with Crippen molar-refractivity contribution >= 4 is 37.6 Å². The molecule has 0 bridgehead atoms. The maximum absolute atomic E-state index is 12.8. The van der Waals surface area contributed by atoms with E-state index in [4.69, 9.17) is 0 Å². The zero-order valence-corrected chi connectivity index (χ0v) is 19.9. The van der Waals surface area contributed by atoms with Crippen LogP contribution in [0.3, 0.4) is 0 Å². The van der Waals surface area contributed by atoms with Gasteiger partial charge in [0.1, 0.15) is 0 Å². The molecular weight excluding hydrogens is 478 g/mol. The number of carbonyl (C=O) groups is 1. The molecule has 12 heteroatoms. The number of aryl methyl sites for hydroxylation is 1. The summed E-state index contributed by atoms with van der Waals surface area (Å²) in [7, 11) is -7.57. The van der Waals surface area contributed by atoms with Gasteiger partial charge in [-0.2, -0.15) is 4.31 Å². The number of hydrogen-bond acceptors (Lipinski definition) is 7. The van der Waals surface area contributed by atoms with Crippen LogP contribution in [0.2, 0.25) is 0 Å². The topological polar surface area (TPSA) is 138 Å². The molecule has 0 radical (unpaired) electrons. The Morgan fingerprint density at radius 3 is 2.32 bits per heavy atom. The molecular formula is C22H23N5O5S2. The normalized spacial score (nSPS) is 14.6. The maximum atomic E-state index is 12.8. The van der Waals surface area contributed by atoms with Crippen molar-refractivity contribution < 1.29 is 21.6 Å². The van der Waals surface area contributed by atoms with Crippen molar-refractivity contribution in [2.45, 2.75) is 29.6 Å². The van der Waals surface area contributed by atoms with E-state index < -0.39 is 26.0 Å². The second-order valence-electron chi connectivity index (χ2n) is 7.74. The smallest absolute Gasteiger partial charge is 0.264 e. The van der Waals surface area contributed by atoms with Crippen molar-refractivity contribution in [1.82, 2.24) is 14.3 Å². The van der Waals surface area contributed by atoms with Gasteiger partial charge in [-0.3, -0.25) is 4.79 Å². The van der Waals surface area contributed by atoms with Crippen LogP contribution in [-0.4, -0.2) is 50.1 Å².